The number of hydrogen-bond donors (Lipinski definition) is 1. The predicted octanol–water partition coefficient (Wildman–Crippen LogP) is 4.58. The van der Waals surface area contributed by atoms with Crippen molar-refractivity contribution in [2.24, 2.45) is 0 Å². The molecule has 0 aliphatic rings. The summed E-state index contributed by atoms with van der Waals surface area (Å²) in [5.74, 6) is -0.428. The normalized spacial score (nSPS) is 14.6. The molecule has 0 aliphatic heterocycles. The highest BCUT2D eigenvalue weighted by atomic mass is 79.9. The number of fused-ring (bicyclic) bond motifs is 1. The number of H-pyrrole nitrogens is 1. The second-order valence-corrected chi connectivity index (χ2v) is 12.2. The average molecular weight is 372 g/mol. The fourth-order valence-corrected chi connectivity index (χ4v) is 3.92. The zero-order valence-corrected chi connectivity index (χ0v) is 15.7. The number of halogens is 1. The van der Waals surface area contributed by atoms with Crippen molar-refractivity contribution in [3.63, 3.8) is 0 Å². The molecule has 0 fully saturated rings. The van der Waals surface area contributed by atoms with Gasteiger partial charge < -0.3 is 8.84 Å². The number of nitrogens with one attached hydrogen (secondary N) is 1. The van der Waals surface area contributed by atoms with Crippen molar-refractivity contribution in [3.8, 4) is 0 Å². The lowest BCUT2D eigenvalue weighted by Gasteiger charge is -2.39. The fourth-order valence-electron chi connectivity index (χ4n) is 1.88. The van der Waals surface area contributed by atoms with E-state index in [1.165, 1.54) is 0 Å². The highest BCUT2D eigenvalue weighted by Crippen LogP contribution is 2.40. The first-order chi connectivity index (χ1) is 9.64. The minimum atomic E-state index is -1.86. The SMILES string of the molecule is CC(C)(C)[Si](C)(C)OC(CBr)c1ccc2[nH]c(=O)oc2c1. The summed E-state index contributed by atoms with van der Waals surface area (Å²) in [5, 5.41) is 0.859. The van der Waals surface area contributed by atoms with E-state index in [4.69, 9.17) is 8.84 Å². The van der Waals surface area contributed by atoms with Gasteiger partial charge in [0.1, 0.15) is 0 Å². The molecule has 116 valence electrons. The fraction of sp³-hybridized carbons (Fsp3) is 0.533. The summed E-state index contributed by atoms with van der Waals surface area (Å²) in [5.41, 5.74) is 2.30. The van der Waals surface area contributed by atoms with Crippen LogP contribution in [0.3, 0.4) is 0 Å². The third-order valence-electron chi connectivity index (χ3n) is 4.20. The molecule has 0 aliphatic carbocycles. The highest BCUT2D eigenvalue weighted by Gasteiger charge is 2.39. The summed E-state index contributed by atoms with van der Waals surface area (Å²) in [6.07, 6.45) is -0.0458. The van der Waals surface area contributed by atoms with Crippen LogP contribution in [0.15, 0.2) is 27.4 Å². The molecule has 2 aromatic rings. The molecule has 1 aromatic heterocycles. The van der Waals surface area contributed by atoms with Crippen LogP contribution in [0.5, 0.6) is 0 Å². The zero-order chi connectivity index (χ0) is 15.8. The summed E-state index contributed by atoms with van der Waals surface area (Å²) in [6.45, 7) is 11.1. The van der Waals surface area contributed by atoms with Gasteiger partial charge in [0.05, 0.1) is 11.6 Å². The Balaban J connectivity index is 2.33. The Morgan fingerprint density at radius 3 is 2.62 bits per heavy atom. The minimum Gasteiger partial charge on any atom is -0.409 e. The van der Waals surface area contributed by atoms with Crippen LogP contribution in [-0.2, 0) is 4.43 Å². The molecule has 4 nitrogen and oxygen atoms in total. The minimum absolute atomic E-state index is 0.0458. The summed E-state index contributed by atoms with van der Waals surface area (Å²) in [6, 6.07) is 5.72. The van der Waals surface area contributed by atoms with Crippen molar-refractivity contribution >= 4 is 35.3 Å². The number of rotatable bonds is 4. The maximum absolute atomic E-state index is 11.2. The number of benzene rings is 1. The number of aromatic nitrogens is 1. The first-order valence-electron chi connectivity index (χ1n) is 7.00. The largest absolute Gasteiger partial charge is 0.417 e. The van der Waals surface area contributed by atoms with Gasteiger partial charge in [-0.15, -0.1) is 0 Å². The van der Waals surface area contributed by atoms with Gasteiger partial charge in [0.25, 0.3) is 0 Å². The van der Waals surface area contributed by atoms with Crippen molar-refractivity contribution in [3.05, 3.63) is 34.3 Å². The number of oxazole rings is 1. The van der Waals surface area contributed by atoms with Crippen LogP contribution in [0.25, 0.3) is 11.1 Å². The standard InChI is InChI=1S/C15H22BrNO3Si/c1-15(2,3)21(4,5)20-13(9-16)10-6-7-11-12(8-10)19-14(18)17-11/h6-8,13H,9H2,1-5H3,(H,17,18). The Kier molecular flexibility index (Phi) is 4.51. The zero-order valence-electron chi connectivity index (χ0n) is 13.1. The molecular weight excluding hydrogens is 350 g/mol. The van der Waals surface area contributed by atoms with Gasteiger partial charge in [-0.25, -0.2) is 4.79 Å². The van der Waals surface area contributed by atoms with Gasteiger partial charge in [-0.05, 0) is 35.8 Å². The smallest absolute Gasteiger partial charge is 0.409 e. The molecule has 1 unspecified atom stereocenters. The van der Waals surface area contributed by atoms with Crippen LogP contribution in [0, 0.1) is 0 Å². The molecule has 0 bridgehead atoms. The van der Waals surface area contributed by atoms with Crippen LogP contribution < -0.4 is 5.76 Å². The van der Waals surface area contributed by atoms with E-state index in [-0.39, 0.29) is 11.1 Å². The lowest BCUT2D eigenvalue weighted by atomic mass is 10.1. The summed E-state index contributed by atoms with van der Waals surface area (Å²) >= 11 is 3.54. The summed E-state index contributed by atoms with van der Waals surface area (Å²) in [4.78, 5) is 13.9. The number of hydrogen-bond acceptors (Lipinski definition) is 3. The Bertz CT molecular complexity index is 684. The molecule has 1 N–H and O–H groups in total. The van der Waals surface area contributed by atoms with E-state index >= 15 is 0 Å². The topological polar surface area (TPSA) is 55.2 Å². The molecule has 21 heavy (non-hydrogen) atoms. The third-order valence-corrected chi connectivity index (χ3v) is 9.27. The molecule has 0 amide bonds. The molecule has 1 heterocycles. The summed E-state index contributed by atoms with van der Waals surface area (Å²) in [7, 11) is -1.86. The molecule has 1 atom stereocenters. The molecular formula is C15H22BrNO3Si. The van der Waals surface area contributed by atoms with Crippen molar-refractivity contribution in [1.29, 1.82) is 0 Å². The monoisotopic (exact) mass is 371 g/mol. The van der Waals surface area contributed by atoms with Crippen LogP contribution >= 0.6 is 15.9 Å². The Morgan fingerprint density at radius 1 is 1.38 bits per heavy atom. The van der Waals surface area contributed by atoms with E-state index in [0.29, 0.717) is 16.4 Å². The van der Waals surface area contributed by atoms with Crippen LogP contribution in [0.4, 0.5) is 0 Å². The molecule has 0 radical (unpaired) electrons. The van der Waals surface area contributed by atoms with Crippen LogP contribution in [0.1, 0.15) is 32.4 Å². The highest BCUT2D eigenvalue weighted by molar-refractivity contribution is 9.09. The third kappa shape index (κ3) is 3.49. The summed E-state index contributed by atoms with van der Waals surface area (Å²) < 4.78 is 11.6. The maximum Gasteiger partial charge on any atom is 0.417 e. The van der Waals surface area contributed by atoms with Crippen LogP contribution in [0.2, 0.25) is 18.1 Å². The predicted molar refractivity (Wildman–Crippen MR) is 91.7 cm³/mol. The van der Waals surface area contributed by atoms with Crippen molar-refractivity contribution in [2.75, 3.05) is 5.33 Å². The van der Waals surface area contributed by atoms with Gasteiger partial charge in [0.15, 0.2) is 13.9 Å². The van der Waals surface area contributed by atoms with Gasteiger partial charge in [-0.1, -0.05) is 42.8 Å². The van der Waals surface area contributed by atoms with E-state index in [2.05, 4.69) is 54.8 Å². The molecule has 2 rings (SSSR count). The van der Waals surface area contributed by atoms with Crippen molar-refractivity contribution in [2.45, 2.75) is 45.0 Å². The van der Waals surface area contributed by atoms with Crippen LogP contribution in [-0.4, -0.2) is 18.6 Å². The van der Waals surface area contributed by atoms with Gasteiger partial charge in [0, 0.05) is 5.33 Å². The Labute approximate surface area is 134 Å². The first-order valence-corrected chi connectivity index (χ1v) is 11.0. The first kappa shape index (κ1) is 16.5. The van der Waals surface area contributed by atoms with Crippen molar-refractivity contribution < 1.29 is 8.84 Å². The molecule has 6 heteroatoms. The Morgan fingerprint density at radius 2 is 2.05 bits per heavy atom. The van der Waals surface area contributed by atoms with E-state index in [1.54, 1.807) is 0 Å². The van der Waals surface area contributed by atoms with Gasteiger partial charge in [-0.2, -0.15) is 0 Å². The Hall–Kier alpha value is -0.853. The lowest BCUT2D eigenvalue weighted by Crippen LogP contribution is -2.42. The molecule has 0 spiro atoms. The van der Waals surface area contributed by atoms with E-state index in [9.17, 15) is 4.79 Å². The van der Waals surface area contributed by atoms with Gasteiger partial charge in [0.2, 0.25) is 0 Å². The van der Waals surface area contributed by atoms with Gasteiger partial charge >= 0.3 is 5.76 Å². The van der Waals surface area contributed by atoms with Crippen molar-refractivity contribution in [1.82, 2.24) is 4.98 Å². The second kappa shape index (κ2) is 5.74. The molecule has 0 saturated heterocycles. The van der Waals surface area contributed by atoms with E-state index < -0.39 is 14.1 Å². The van der Waals surface area contributed by atoms with E-state index in [1.807, 2.05) is 18.2 Å². The van der Waals surface area contributed by atoms with E-state index in [0.717, 1.165) is 5.56 Å². The number of aromatic amines is 1. The second-order valence-electron chi connectivity index (χ2n) is 6.79. The molecule has 0 saturated carbocycles. The van der Waals surface area contributed by atoms with Gasteiger partial charge in [-0.3, -0.25) is 4.98 Å². The molecule has 1 aromatic carbocycles. The average Bonchev–Trinajstić information content (AvgIpc) is 2.73. The lowest BCUT2D eigenvalue weighted by molar-refractivity contribution is 0.208. The number of alkyl halides is 1. The quantitative estimate of drug-likeness (QED) is 0.631. The maximum atomic E-state index is 11.2.